The molecule has 0 unspecified atom stereocenters. The normalized spacial score (nSPS) is 15.3. The first kappa shape index (κ1) is 20.3. The smallest absolute Gasteiger partial charge is 0.253 e. The van der Waals surface area contributed by atoms with Crippen molar-refractivity contribution in [2.45, 2.75) is 58.1 Å². The first-order chi connectivity index (χ1) is 11.0. The minimum Gasteiger partial charge on any atom is -0.375 e. The van der Waals surface area contributed by atoms with E-state index >= 15 is 0 Å². The van der Waals surface area contributed by atoms with Gasteiger partial charge in [-0.1, -0.05) is 0 Å². The molecule has 0 aromatic carbocycles. The van der Waals surface area contributed by atoms with Crippen LogP contribution in [0.15, 0.2) is 12.2 Å². The van der Waals surface area contributed by atoms with E-state index in [1.165, 1.54) is 12.2 Å². The van der Waals surface area contributed by atoms with Gasteiger partial charge in [0, 0.05) is 43.8 Å². The molecule has 1 heterocycles. The molecule has 0 atom stereocenters. The molecule has 0 aromatic heterocycles. The van der Waals surface area contributed by atoms with Gasteiger partial charge in [0.25, 0.3) is 11.8 Å². The Hall–Kier alpha value is -1.73. The Morgan fingerprint density at radius 2 is 1.75 bits per heavy atom. The van der Waals surface area contributed by atoms with Gasteiger partial charge in [-0.2, -0.15) is 0 Å². The van der Waals surface area contributed by atoms with Crippen LogP contribution in [-0.2, 0) is 19.1 Å². The molecule has 1 aliphatic heterocycles. The minimum atomic E-state index is -0.370. The van der Waals surface area contributed by atoms with Crippen LogP contribution in [0, 0.1) is 0 Å². The maximum Gasteiger partial charge on any atom is 0.253 e. The molecule has 0 aromatic rings. The lowest BCUT2D eigenvalue weighted by atomic mass is 10.0. The quantitative estimate of drug-likeness (QED) is 0.571. The van der Waals surface area contributed by atoms with Gasteiger partial charge in [-0.25, -0.2) is 0 Å². The highest BCUT2D eigenvalue weighted by atomic mass is 16.5. The lowest BCUT2D eigenvalue weighted by Gasteiger charge is -2.28. The van der Waals surface area contributed by atoms with Crippen molar-refractivity contribution in [3.63, 3.8) is 0 Å². The van der Waals surface area contributed by atoms with Gasteiger partial charge in [0.05, 0.1) is 5.60 Å². The van der Waals surface area contributed by atoms with Gasteiger partial charge in [-0.3, -0.25) is 19.3 Å². The topological polar surface area (TPSA) is 102 Å². The van der Waals surface area contributed by atoms with E-state index < -0.39 is 0 Å². The predicted octanol–water partition coefficient (Wildman–Crippen LogP) is 0.730. The van der Waals surface area contributed by atoms with Gasteiger partial charge < -0.3 is 15.8 Å². The maximum absolute atomic E-state index is 11.8. The van der Waals surface area contributed by atoms with Crippen LogP contribution in [-0.4, -0.2) is 53.5 Å². The molecule has 1 rings (SSSR count). The van der Waals surface area contributed by atoms with Gasteiger partial charge in [-0.05, 0) is 40.5 Å². The highest BCUT2D eigenvalue weighted by Crippen LogP contribution is 2.16. The molecule has 0 spiro atoms. The number of imide groups is 1. The third kappa shape index (κ3) is 7.70. The zero-order valence-corrected chi connectivity index (χ0v) is 15.1. The Morgan fingerprint density at radius 3 is 2.29 bits per heavy atom. The molecular weight excluding hydrogens is 310 g/mol. The largest absolute Gasteiger partial charge is 0.375 e. The van der Waals surface area contributed by atoms with Crippen LogP contribution in [0.3, 0.4) is 0 Å². The molecule has 0 radical (unpaired) electrons. The van der Waals surface area contributed by atoms with Crippen LogP contribution < -0.4 is 11.1 Å². The fourth-order valence-corrected chi connectivity index (χ4v) is 2.12. The average molecular weight is 339 g/mol. The number of nitrogens with two attached hydrogens (primary N) is 1. The number of rotatable bonds is 10. The van der Waals surface area contributed by atoms with Gasteiger partial charge in [0.1, 0.15) is 0 Å². The third-order valence-corrected chi connectivity index (χ3v) is 3.75. The van der Waals surface area contributed by atoms with E-state index in [4.69, 9.17) is 10.5 Å². The summed E-state index contributed by atoms with van der Waals surface area (Å²) in [6, 6.07) is 0. The molecular formula is C17H29N3O4. The Bertz CT molecular complexity index is 488. The van der Waals surface area contributed by atoms with E-state index in [-0.39, 0.29) is 41.8 Å². The van der Waals surface area contributed by atoms with Crippen molar-refractivity contribution in [1.29, 1.82) is 0 Å². The standard InChI is InChI=1S/C17H29N3O4/c1-16(2,18)9-12-24-17(3,4)8-10-19-13(21)7-11-20-14(22)5-6-15(20)23/h5-6H,7-12,18H2,1-4H3,(H,19,21). The van der Waals surface area contributed by atoms with Crippen LogP contribution in [0.1, 0.15) is 47.0 Å². The summed E-state index contributed by atoms with van der Waals surface area (Å²) in [6.07, 6.45) is 3.94. The Morgan fingerprint density at radius 1 is 1.17 bits per heavy atom. The average Bonchev–Trinajstić information content (AvgIpc) is 2.74. The van der Waals surface area contributed by atoms with Crippen LogP contribution >= 0.6 is 0 Å². The molecule has 0 saturated heterocycles. The first-order valence-electron chi connectivity index (χ1n) is 8.23. The first-order valence-corrected chi connectivity index (χ1v) is 8.23. The fourth-order valence-electron chi connectivity index (χ4n) is 2.12. The monoisotopic (exact) mass is 339 g/mol. The van der Waals surface area contributed by atoms with Crippen LogP contribution in [0.2, 0.25) is 0 Å². The second kappa shape index (κ2) is 8.39. The van der Waals surface area contributed by atoms with Crippen molar-refractivity contribution in [2.24, 2.45) is 5.73 Å². The van der Waals surface area contributed by atoms with Gasteiger partial charge >= 0.3 is 0 Å². The van der Waals surface area contributed by atoms with Crippen molar-refractivity contribution in [2.75, 3.05) is 19.7 Å². The zero-order valence-electron chi connectivity index (χ0n) is 15.1. The van der Waals surface area contributed by atoms with E-state index in [0.717, 1.165) is 11.3 Å². The molecule has 0 saturated carbocycles. The molecule has 0 aliphatic carbocycles. The fraction of sp³-hybridized carbons (Fsp3) is 0.706. The van der Waals surface area contributed by atoms with Crippen LogP contribution in [0.5, 0.6) is 0 Å². The van der Waals surface area contributed by atoms with Crippen molar-refractivity contribution in [1.82, 2.24) is 10.2 Å². The summed E-state index contributed by atoms with van der Waals surface area (Å²) >= 11 is 0. The highest BCUT2D eigenvalue weighted by Gasteiger charge is 2.24. The highest BCUT2D eigenvalue weighted by molar-refractivity contribution is 6.13. The molecule has 0 bridgehead atoms. The van der Waals surface area contributed by atoms with E-state index in [2.05, 4.69) is 5.32 Å². The summed E-state index contributed by atoms with van der Waals surface area (Å²) in [5.74, 6) is -0.934. The number of nitrogens with zero attached hydrogens (tertiary/aromatic N) is 1. The minimum absolute atomic E-state index is 0.0990. The Labute approximate surface area is 143 Å². The Kier molecular flexibility index (Phi) is 7.10. The molecule has 136 valence electrons. The lowest BCUT2D eigenvalue weighted by molar-refractivity contribution is -0.137. The second-order valence-corrected chi connectivity index (χ2v) is 7.36. The van der Waals surface area contributed by atoms with Gasteiger partial charge in [0.2, 0.25) is 5.91 Å². The van der Waals surface area contributed by atoms with Gasteiger partial charge in [0.15, 0.2) is 0 Å². The predicted molar refractivity (Wildman–Crippen MR) is 91.0 cm³/mol. The number of hydrogen-bond donors (Lipinski definition) is 2. The molecule has 0 fully saturated rings. The van der Waals surface area contributed by atoms with E-state index in [1.807, 2.05) is 27.7 Å². The number of hydrogen-bond acceptors (Lipinski definition) is 5. The van der Waals surface area contributed by atoms with E-state index in [0.29, 0.717) is 19.6 Å². The van der Waals surface area contributed by atoms with Crippen LogP contribution in [0.4, 0.5) is 0 Å². The van der Waals surface area contributed by atoms with Crippen LogP contribution in [0.25, 0.3) is 0 Å². The SMILES string of the molecule is CC(C)(N)CCOC(C)(C)CCNC(=O)CCN1C(=O)C=CC1=O. The molecule has 3 N–H and O–H groups in total. The number of carbonyl (C=O) groups excluding carboxylic acids is 3. The van der Waals surface area contributed by atoms with Crippen molar-refractivity contribution in [3.8, 4) is 0 Å². The molecule has 7 heteroatoms. The third-order valence-electron chi connectivity index (χ3n) is 3.75. The number of amides is 3. The van der Waals surface area contributed by atoms with Crippen molar-refractivity contribution < 1.29 is 19.1 Å². The number of carbonyl (C=O) groups is 3. The maximum atomic E-state index is 11.8. The van der Waals surface area contributed by atoms with E-state index in [9.17, 15) is 14.4 Å². The molecule has 1 aliphatic rings. The molecule has 7 nitrogen and oxygen atoms in total. The summed E-state index contributed by atoms with van der Waals surface area (Å²) in [4.78, 5) is 35.6. The lowest BCUT2D eigenvalue weighted by Crippen LogP contribution is -2.38. The summed E-state index contributed by atoms with van der Waals surface area (Å²) in [6.45, 7) is 8.98. The van der Waals surface area contributed by atoms with Crippen molar-refractivity contribution in [3.05, 3.63) is 12.2 Å². The molecule has 3 amide bonds. The zero-order chi connectivity index (χ0) is 18.4. The van der Waals surface area contributed by atoms with E-state index in [1.54, 1.807) is 0 Å². The summed E-state index contributed by atoms with van der Waals surface area (Å²) in [5, 5.41) is 2.79. The second-order valence-electron chi connectivity index (χ2n) is 7.36. The summed E-state index contributed by atoms with van der Waals surface area (Å²) < 4.78 is 5.82. The summed E-state index contributed by atoms with van der Waals surface area (Å²) in [7, 11) is 0. The summed E-state index contributed by atoms with van der Waals surface area (Å²) in [5.41, 5.74) is 5.30. The van der Waals surface area contributed by atoms with Crippen molar-refractivity contribution >= 4 is 17.7 Å². The van der Waals surface area contributed by atoms with Gasteiger partial charge in [-0.15, -0.1) is 0 Å². The molecule has 24 heavy (non-hydrogen) atoms. The number of nitrogens with one attached hydrogen (secondary N) is 1. The number of ether oxygens (including phenoxy) is 1. The Balaban J connectivity index is 2.20.